The van der Waals surface area contributed by atoms with Crippen LogP contribution in [-0.2, 0) is 11.3 Å². The molecule has 6 nitrogen and oxygen atoms in total. The van der Waals surface area contributed by atoms with Gasteiger partial charge < -0.3 is 10.6 Å². The normalized spacial score (nSPS) is 20.1. The third kappa shape index (κ3) is 4.14. The minimum absolute atomic E-state index is 0.000677. The molecule has 0 radical (unpaired) electrons. The van der Waals surface area contributed by atoms with Crippen molar-refractivity contribution in [1.29, 1.82) is 0 Å². The molecule has 0 aliphatic carbocycles. The zero-order valence-electron chi connectivity index (χ0n) is 9.93. The van der Waals surface area contributed by atoms with E-state index < -0.39 is 0 Å². The van der Waals surface area contributed by atoms with Gasteiger partial charge in [0, 0.05) is 6.54 Å². The molecule has 0 saturated carbocycles. The average molecular weight is 237 g/mol. The Labute approximate surface area is 101 Å². The standard InChI is InChI=1S/C11H19N5O/c17-11(7-16-9-13-8-15-16)14-5-3-10-2-1-4-12-6-10/h8-10,12H,1-7H2,(H,14,17). The first-order valence-electron chi connectivity index (χ1n) is 6.14. The first-order chi connectivity index (χ1) is 8.34. The number of carbonyl (C=O) groups is 1. The monoisotopic (exact) mass is 237 g/mol. The second kappa shape index (κ2) is 6.34. The van der Waals surface area contributed by atoms with Crippen LogP contribution in [0.15, 0.2) is 12.7 Å². The lowest BCUT2D eigenvalue weighted by atomic mass is 9.96. The van der Waals surface area contributed by atoms with Gasteiger partial charge in [-0.05, 0) is 38.3 Å². The van der Waals surface area contributed by atoms with Crippen molar-refractivity contribution in [3.05, 3.63) is 12.7 Å². The maximum Gasteiger partial charge on any atom is 0.241 e. The number of nitrogens with one attached hydrogen (secondary N) is 2. The highest BCUT2D eigenvalue weighted by Gasteiger charge is 2.12. The van der Waals surface area contributed by atoms with E-state index >= 15 is 0 Å². The van der Waals surface area contributed by atoms with Crippen LogP contribution < -0.4 is 10.6 Å². The lowest BCUT2D eigenvalue weighted by Crippen LogP contribution is -2.34. The maximum atomic E-state index is 11.5. The van der Waals surface area contributed by atoms with E-state index in [1.165, 1.54) is 23.9 Å². The molecule has 1 atom stereocenters. The summed E-state index contributed by atoms with van der Waals surface area (Å²) in [6.45, 7) is 3.22. The molecule has 2 heterocycles. The van der Waals surface area contributed by atoms with Crippen molar-refractivity contribution in [1.82, 2.24) is 25.4 Å². The van der Waals surface area contributed by atoms with Crippen molar-refractivity contribution < 1.29 is 4.79 Å². The molecule has 94 valence electrons. The minimum atomic E-state index is -0.000677. The molecule has 1 unspecified atom stereocenters. The molecule has 2 N–H and O–H groups in total. The fourth-order valence-corrected chi connectivity index (χ4v) is 2.10. The Balaban J connectivity index is 1.59. The number of carbonyl (C=O) groups excluding carboxylic acids is 1. The Morgan fingerprint density at radius 2 is 2.53 bits per heavy atom. The highest BCUT2D eigenvalue weighted by atomic mass is 16.2. The second-order valence-corrected chi connectivity index (χ2v) is 4.44. The summed E-state index contributed by atoms with van der Waals surface area (Å²) >= 11 is 0. The van der Waals surface area contributed by atoms with E-state index in [1.54, 1.807) is 6.33 Å². The third-order valence-electron chi connectivity index (χ3n) is 3.05. The van der Waals surface area contributed by atoms with E-state index in [9.17, 15) is 4.79 Å². The van der Waals surface area contributed by atoms with Gasteiger partial charge in [-0.15, -0.1) is 0 Å². The van der Waals surface area contributed by atoms with Gasteiger partial charge in [0.1, 0.15) is 19.2 Å². The Morgan fingerprint density at radius 1 is 1.59 bits per heavy atom. The van der Waals surface area contributed by atoms with E-state index in [0.29, 0.717) is 5.92 Å². The molecule has 1 aromatic rings. The average Bonchev–Trinajstić information content (AvgIpc) is 2.83. The third-order valence-corrected chi connectivity index (χ3v) is 3.05. The summed E-state index contributed by atoms with van der Waals surface area (Å²) in [5, 5.41) is 10.2. The number of rotatable bonds is 5. The largest absolute Gasteiger partial charge is 0.354 e. The van der Waals surface area contributed by atoms with Gasteiger partial charge in [0.2, 0.25) is 5.91 Å². The Hall–Kier alpha value is -1.43. The quantitative estimate of drug-likeness (QED) is 0.743. The van der Waals surface area contributed by atoms with Gasteiger partial charge in [0.25, 0.3) is 0 Å². The van der Waals surface area contributed by atoms with Gasteiger partial charge in [-0.1, -0.05) is 0 Å². The number of amides is 1. The predicted molar refractivity (Wildman–Crippen MR) is 63.2 cm³/mol. The van der Waals surface area contributed by atoms with Crippen LogP contribution in [0.4, 0.5) is 0 Å². The van der Waals surface area contributed by atoms with Crippen LogP contribution >= 0.6 is 0 Å². The van der Waals surface area contributed by atoms with Crippen LogP contribution in [0.2, 0.25) is 0 Å². The van der Waals surface area contributed by atoms with Crippen molar-refractivity contribution in [2.75, 3.05) is 19.6 Å². The molecule has 1 aliphatic rings. The summed E-state index contributed by atoms with van der Waals surface area (Å²) in [5.41, 5.74) is 0. The molecule has 0 spiro atoms. The molecular weight excluding hydrogens is 218 g/mol. The van der Waals surface area contributed by atoms with E-state index in [0.717, 1.165) is 26.1 Å². The van der Waals surface area contributed by atoms with Crippen molar-refractivity contribution in [2.24, 2.45) is 5.92 Å². The number of hydrogen-bond acceptors (Lipinski definition) is 4. The Bertz CT molecular complexity index is 332. The van der Waals surface area contributed by atoms with E-state index in [2.05, 4.69) is 20.7 Å². The van der Waals surface area contributed by atoms with Gasteiger partial charge in [-0.3, -0.25) is 4.79 Å². The van der Waals surface area contributed by atoms with Gasteiger partial charge in [-0.25, -0.2) is 9.67 Å². The van der Waals surface area contributed by atoms with Crippen LogP contribution in [0.25, 0.3) is 0 Å². The smallest absolute Gasteiger partial charge is 0.241 e. The first kappa shape index (κ1) is 12.0. The topological polar surface area (TPSA) is 71.8 Å². The van der Waals surface area contributed by atoms with Gasteiger partial charge in [-0.2, -0.15) is 5.10 Å². The molecular formula is C11H19N5O. The van der Waals surface area contributed by atoms with Crippen molar-refractivity contribution in [3.63, 3.8) is 0 Å². The van der Waals surface area contributed by atoms with Crippen molar-refractivity contribution >= 4 is 5.91 Å². The van der Waals surface area contributed by atoms with Gasteiger partial charge >= 0.3 is 0 Å². The van der Waals surface area contributed by atoms with E-state index in [4.69, 9.17) is 0 Å². The SMILES string of the molecule is O=C(Cn1cncn1)NCCC1CCCNC1. The molecule has 1 amide bonds. The predicted octanol–water partition coefficient (Wildman–Crippen LogP) is -0.216. The van der Waals surface area contributed by atoms with E-state index in [-0.39, 0.29) is 12.5 Å². The summed E-state index contributed by atoms with van der Waals surface area (Å²) < 4.78 is 1.53. The molecule has 17 heavy (non-hydrogen) atoms. The first-order valence-corrected chi connectivity index (χ1v) is 6.14. The zero-order valence-corrected chi connectivity index (χ0v) is 9.93. The molecule has 1 fully saturated rings. The lowest BCUT2D eigenvalue weighted by molar-refractivity contribution is -0.121. The number of aromatic nitrogens is 3. The summed E-state index contributed by atoms with van der Waals surface area (Å²) in [6, 6.07) is 0. The summed E-state index contributed by atoms with van der Waals surface area (Å²) in [7, 11) is 0. The van der Waals surface area contributed by atoms with E-state index in [1.807, 2.05) is 0 Å². The summed E-state index contributed by atoms with van der Waals surface area (Å²) in [6.07, 6.45) is 6.55. The summed E-state index contributed by atoms with van der Waals surface area (Å²) in [4.78, 5) is 15.3. The zero-order chi connectivity index (χ0) is 11.9. The van der Waals surface area contributed by atoms with Crippen LogP contribution in [0.1, 0.15) is 19.3 Å². The van der Waals surface area contributed by atoms with Crippen LogP contribution in [0, 0.1) is 5.92 Å². The molecule has 1 aromatic heterocycles. The molecule has 0 bridgehead atoms. The van der Waals surface area contributed by atoms with Crippen molar-refractivity contribution in [3.8, 4) is 0 Å². The van der Waals surface area contributed by atoms with Crippen LogP contribution in [0.5, 0.6) is 0 Å². The number of hydrogen-bond donors (Lipinski definition) is 2. The highest BCUT2D eigenvalue weighted by Crippen LogP contribution is 2.12. The van der Waals surface area contributed by atoms with Crippen molar-refractivity contribution in [2.45, 2.75) is 25.8 Å². The van der Waals surface area contributed by atoms with Crippen LogP contribution in [-0.4, -0.2) is 40.3 Å². The maximum absolute atomic E-state index is 11.5. The highest BCUT2D eigenvalue weighted by molar-refractivity contribution is 5.75. The summed E-state index contributed by atoms with van der Waals surface area (Å²) in [5.74, 6) is 0.703. The fourth-order valence-electron chi connectivity index (χ4n) is 2.10. The molecule has 6 heteroatoms. The van der Waals surface area contributed by atoms with Crippen LogP contribution in [0.3, 0.4) is 0 Å². The number of piperidine rings is 1. The second-order valence-electron chi connectivity index (χ2n) is 4.44. The minimum Gasteiger partial charge on any atom is -0.354 e. The molecule has 0 aromatic carbocycles. The van der Waals surface area contributed by atoms with Gasteiger partial charge in [0.15, 0.2) is 0 Å². The molecule has 1 saturated heterocycles. The lowest BCUT2D eigenvalue weighted by Gasteiger charge is -2.22. The Morgan fingerprint density at radius 3 is 3.24 bits per heavy atom. The van der Waals surface area contributed by atoms with Gasteiger partial charge in [0.05, 0.1) is 0 Å². The molecule has 2 rings (SSSR count). The Kier molecular flexibility index (Phi) is 4.49. The molecule has 1 aliphatic heterocycles. The fraction of sp³-hybridized carbons (Fsp3) is 0.727. The number of nitrogens with zero attached hydrogens (tertiary/aromatic N) is 3.